The summed E-state index contributed by atoms with van der Waals surface area (Å²) < 4.78 is 29.6. The van der Waals surface area contributed by atoms with Crippen LogP contribution in [-0.4, -0.2) is 20.8 Å². The number of aryl methyl sites for hydroxylation is 1. The third-order valence-electron chi connectivity index (χ3n) is 3.65. The summed E-state index contributed by atoms with van der Waals surface area (Å²) in [5, 5.41) is 0. The lowest BCUT2D eigenvalue weighted by Crippen LogP contribution is -2.33. The molecule has 0 atom stereocenters. The van der Waals surface area contributed by atoms with Gasteiger partial charge in [-0.3, -0.25) is 0 Å². The van der Waals surface area contributed by atoms with E-state index in [-0.39, 0.29) is 5.75 Å². The van der Waals surface area contributed by atoms with Crippen LogP contribution in [0.25, 0.3) is 0 Å². The van der Waals surface area contributed by atoms with Crippen molar-refractivity contribution in [2.24, 2.45) is 5.41 Å². The maximum absolute atomic E-state index is 11.4. The lowest BCUT2D eigenvalue weighted by molar-refractivity contribution is 0.154. The molecule has 0 radical (unpaired) electrons. The second-order valence-electron chi connectivity index (χ2n) is 5.09. The van der Waals surface area contributed by atoms with E-state index in [1.165, 1.54) is 0 Å². The van der Waals surface area contributed by atoms with Gasteiger partial charge < -0.3 is 4.74 Å². The van der Waals surface area contributed by atoms with Gasteiger partial charge in [-0.2, -0.15) is 0 Å². The fraction of sp³-hybridized carbons (Fsp3) is 0.571. The van der Waals surface area contributed by atoms with Gasteiger partial charge in [-0.25, -0.2) is 8.42 Å². The van der Waals surface area contributed by atoms with E-state index in [1.807, 2.05) is 39.0 Å². The van der Waals surface area contributed by atoms with Gasteiger partial charge in [0.2, 0.25) is 9.05 Å². The van der Waals surface area contributed by atoms with Crippen LogP contribution < -0.4 is 4.74 Å². The van der Waals surface area contributed by atoms with Gasteiger partial charge in [0.15, 0.2) is 0 Å². The van der Waals surface area contributed by atoms with Gasteiger partial charge in [0.05, 0.1) is 12.4 Å². The summed E-state index contributed by atoms with van der Waals surface area (Å²) in [5.41, 5.74) is 0.564. The van der Waals surface area contributed by atoms with Gasteiger partial charge in [0.25, 0.3) is 0 Å². The SMILES string of the molecule is CCC(CC)(COc1ccc(Br)cc1C)CS(=O)(=O)Cl. The second kappa shape index (κ2) is 7.14. The van der Waals surface area contributed by atoms with Crippen molar-refractivity contribution in [1.82, 2.24) is 0 Å². The Morgan fingerprint density at radius 3 is 2.35 bits per heavy atom. The molecular weight excluding hydrogens is 364 g/mol. The minimum atomic E-state index is -3.54. The van der Waals surface area contributed by atoms with Crippen molar-refractivity contribution in [3.63, 3.8) is 0 Å². The minimum Gasteiger partial charge on any atom is -0.493 e. The molecule has 0 fully saturated rings. The molecular formula is C14H20BrClO3S. The largest absolute Gasteiger partial charge is 0.493 e. The Morgan fingerprint density at radius 1 is 1.30 bits per heavy atom. The lowest BCUT2D eigenvalue weighted by atomic mass is 9.85. The van der Waals surface area contributed by atoms with E-state index in [1.54, 1.807) is 0 Å². The molecule has 1 aromatic carbocycles. The number of hydrogen-bond acceptors (Lipinski definition) is 3. The van der Waals surface area contributed by atoms with Crippen molar-refractivity contribution < 1.29 is 13.2 Å². The summed E-state index contributed by atoms with van der Waals surface area (Å²) in [4.78, 5) is 0. The number of rotatable bonds is 7. The molecule has 0 spiro atoms. The fourth-order valence-corrected chi connectivity index (χ4v) is 4.46. The molecule has 20 heavy (non-hydrogen) atoms. The highest BCUT2D eigenvalue weighted by Crippen LogP contribution is 2.32. The average Bonchev–Trinajstić information content (AvgIpc) is 2.35. The molecule has 0 aromatic heterocycles. The first-order valence-corrected chi connectivity index (χ1v) is 9.80. The van der Waals surface area contributed by atoms with E-state index in [2.05, 4.69) is 15.9 Å². The van der Waals surface area contributed by atoms with Gasteiger partial charge >= 0.3 is 0 Å². The Morgan fingerprint density at radius 2 is 1.90 bits per heavy atom. The molecule has 114 valence electrons. The predicted molar refractivity (Wildman–Crippen MR) is 87.0 cm³/mol. The van der Waals surface area contributed by atoms with E-state index < -0.39 is 14.5 Å². The zero-order valence-corrected chi connectivity index (χ0v) is 15.1. The highest BCUT2D eigenvalue weighted by molar-refractivity contribution is 9.10. The highest BCUT2D eigenvalue weighted by atomic mass is 79.9. The minimum absolute atomic E-state index is 0.0653. The van der Waals surface area contributed by atoms with Crippen molar-refractivity contribution >= 4 is 35.7 Å². The van der Waals surface area contributed by atoms with E-state index >= 15 is 0 Å². The van der Waals surface area contributed by atoms with Crippen LogP contribution in [0.2, 0.25) is 0 Å². The summed E-state index contributed by atoms with van der Waals surface area (Å²) in [7, 11) is 1.88. The molecule has 0 bridgehead atoms. The van der Waals surface area contributed by atoms with E-state index in [9.17, 15) is 8.42 Å². The zero-order chi connectivity index (χ0) is 15.4. The van der Waals surface area contributed by atoms with E-state index in [0.717, 1.165) is 15.8 Å². The number of benzene rings is 1. The lowest BCUT2D eigenvalue weighted by Gasteiger charge is -2.30. The molecule has 0 aliphatic heterocycles. The van der Waals surface area contributed by atoms with Crippen molar-refractivity contribution in [3.8, 4) is 5.75 Å². The Labute approximate surface area is 134 Å². The summed E-state index contributed by atoms with van der Waals surface area (Å²) in [6.07, 6.45) is 1.40. The zero-order valence-electron chi connectivity index (χ0n) is 11.9. The van der Waals surface area contributed by atoms with Crippen molar-refractivity contribution in [3.05, 3.63) is 28.2 Å². The topological polar surface area (TPSA) is 43.4 Å². The summed E-state index contributed by atoms with van der Waals surface area (Å²) in [6.45, 7) is 6.22. The molecule has 1 rings (SSSR count). The Hall–Kier alpha value is -0.260. The highest BCUT2D eigenvalue weighted by Gasteiger charge is 2.32. The van der Waals surface area contributed by atoms with Crippen LogP contribution in [-0.2, 0) is 9.05 Å². The molecule has 0 saturated heterocycles. The quantitative estimate of drug-likeness (QED) is 0.651. The monoisotopic (exact) mass is 382 g/mol. The first-order valence-electron chi connectivity index (χ1n) is 6.52. The second-order valence-corrected chi connectivity index (χ2v) is 8.78. The smallest absolute Gasteiger partial charge is 0.233 e. The van der Waals surface area contributed by atoms with Crippen LogP contribution in [0.1, 0.15) is 32.3 Å². The van der Waals surface area contributed by atoms with Crippen molar-refractivity contribution in [2.45, 2.75) is 33.6 Å². The standard InChI is InChI=1S/C14H20BrClO3S/c1-4-14(5-2,10-20(16,17)18)9-19-13-7-6-12(15)8-11(13)3/h6-8H,4-5,9-10H2,1-3H3. The third-order valence-corrected chi connectivity index (χ3v) is 5.43. The van der Waals surface area contributed by atoms with Crippen LogP contribution >= 0.6 is 26.6 Å². The molecule has 0 N–H and O–H groups in total. The summed E-state index contributed by atoms with van der Waals surface area (Å²) >= 11 is 3.40. The average molecular weight is 384 g/mol. The maximum atomic E-state index is 11.4. The van der Waals surface area contributed by atoms with Gasteiger partial charge in [-0.05, 0) is 43.5 Å². The molecule has 6 heteroatoms. The number of halogens is 2. The predicted octanol–water partition coefficient (Wildman–Crippen LogP) is 4.51. The van der Waals surface area contributed by atoms with Crippen LogP contribution in [0.5, 0.6) is 5.75 Å². The first-order chi connectivity index (χ1) is 9.21. The van der Waals surface area contributed by atoms with Gasteiger partial charge in [0.1, 0.15) is 5.75 Å². The number of hydrogen-bond donors (Lipinski definition) is 0. The van der Waals surface area contributed by atoms with Crippen LogP contribution in [0.3, 0.4) is 0 Å². The van der Waals surface area contributed by atoms with E-state index in [4.69, 9.17) is 15.4 Å². The fourth-order valence-electron chi connectivity index (χ4n) is 2.07. The Bertz CT molecular complexity index is 554. The molecule has 3 nitrogen and oxygen atoms in total. The molecule has 0 amide bonds. The van der Waals surface area contributed by atoms with Crippen molar-refractivity contribution in [2.75, 3.05) is 12.4 Å². The molecule has 0 heterocycles. The first kappa shape index (κ1) is 17.8. The van der Waals surface area contributed by atoms with E-state index in [0.29, 0.717) is 19.4 Å². The normalized spacial score (nSPS) is 12.4. The van der Waals surface area contributed by atoms with Crippen LogP contribution in [0, 0.1) is 12.3 Å². The maximum Gasteiger partial charge on any atom is 0.233 e. The molecule has 1 aromatic rings. The summed E-state index contributed by atoms with van der Waals surface area (Å²) in [5.74, 6) is 0.705. The Kier molecular flexibility index (Phi) is 6.35. The molecule has 0 unspecified atom stereocenters. The Balaban J connectivity index is 2.86. The summed E-state index contributed by atoms with van der Waals surface area (Å²) in [6, 6.07) is 5.75. The van der Waals surface area contributed by atoms with Gasteiger partial charge in [-0.1, -0.05) is 29.8 Å². The van der Waals surface area contributed by atoms with Gasteiger partial charge in [0, 0.05) is 20.6 Å². The van der Waals surface area contributed by atoms with Crippen LogP contribution in [0.4, 0.5) is 0 Å². The van der Waals surface area contributed by atoms with Crippen LogP contribution in [0.15, 0.2) is 22.7 Å². The molecule has 0 aliphatic rings. The molecule has 0 aliphatic carbocycles. The molecule has 0 saturated carbocycles. The van der Waals surface area contributed by atoms with Crippen molar-refractivity contribution in [1.29, 1.82) is 0 Å². The number of ether oxygens (including phenoxy) is 1. The third kappa shape index (κ3) is 5.26. The van der Waals surface area contributed by atoms with Gasteiger partial charge in [-0.15, -0.1) is 0 Å².